The number of carboxylic acids is 1. The zero-order valence-corrected chi connectivity index (χ0v) is 30.6. The van der Waals surface area contributed by atoms with Gasteiger partial charge in [0, 0.05) is 0 Å². The molecule has 0 radical (unpaired) electrons. The second kappa shape index (κ2) is 13.9. The van der Waals surface area contributed by atoms with Gasteiger partial charge >= 0.3 is 259 Å². The van der Waals surface area contributed by atoms with Gasteiger partial charge in [-0.15, -0.1) is 0 Å². The van der Waals surface area contributed by atoms with Crippen LogP contribution in [0, 0.1) is 0 Å². The van der Waals surface area contributed by atoms with Gasteiger partial charge in [-0.1, -0.05) is 0 Å². The Morgan fingerprint density at radius 2 is 1.64 bits per heavy atom. The van der Waals surface area contributed by atoms with Gasteiger partial charge in [0.05, 0.1) is 0 Å². The number of aromatic nitrogens is 2. The Hall–Kier alpha value is -1.78. The van der Waals surface area contributed by atoms with E-state index in [1.54, 1.807) is 11.0 Å². The fourth-order valence-electron chi connectivity index (χ4n) is 6.78. The molecule has 1 atom stereocenters. The summed E-state index contributed by atoms with van der Waals surface area (Å²) in [7, 11) is -1.27. The van der Waals surface area contributed by atoms with Gasteiger partial charge in [-0.25, -0.2) is 0 Å². The topological polar surface area (TPSA) is 92.6 Å². The van der Waals surface area contributed by atoms with Crippen molar-refractivity contribution in [1.82, 2.24) is 9.97 Å². The summed E-state index contributed by atoms with van der Waals surface area (Å²) in [6, 6.07) is 5.14. The standard InChI is InChI=1S/C21H24N3O4Si.3C4H9.Sn/c1-29(2,3)8-7-28-13-24-18-16(5-4-6-22-18)21(20(24)27)10-14-9-15(19(25)26)12-23-17(14)11-21;3*1-3-4-2;/h5-6,9,12H,7-8,10-11,13H2,1-3H3,(H,25,26);3*1,3-4H2,2H3;/t21-;;;;/m0..../s1. The number of pyridine rings is 2. The molecule has 4 rings (SSSR count). The van der Waals surface area contributed by atoms with Crippen molar-refractivity contribution in [2.45, 2.75) is 117 Å². The molecule has 1 aliphatic carbocycles. The summed E-state index contributed by atoms with van der Waals surface area (Å²) in [5.41, 5.74) is 2.07. The zero-order chi connectivity index (χ0) is 30.5. The van der Waals surface area contributed by atoms with Gasteiger partial charge in [-0.05, 0) is 0 Å². The van der Waals surface area contributed by atoms with Gasteiger partial charge in [-0.2, -0.15) is 0 Å². The average Bonchev–Trinajstić information content (AvgIpc) is 3.45. The number of unbranched alkanes of at least 4 members (excludes halogenated alkanes) is 3. The number of fused-ring (bicyclic) bond motifs is 3. The van der Waals surface area contributed by atoms with E-state index in [1.165, 1.54) is 61.6 Å². The maximum atomic E-state index is 14.4. The molecule has 0 bridgehead atoms. The van der Waals surface area contributed by atoms with E-state index < -0.39 is 37.8 Å². The molecule has 0 unspecified atom stereocenters. The van der Waals surface area contributed by atoms with Crippen LogP contribution in [0.2, 0.25) is 39.0 Å². The van der Waals surface area contributed by atoms with Crippen LogP contribution in [0.15, 0.2) is 24.5 Å². The molecule has 1 aliphatic heterocycles. The van der Waals surface area contributed by atoms with Gasteiger partial charge in [0.25, 0.3) is 0 Å². The molecule has 7 nitrogen and oxygen atoms in total. The SMILES string of the molecule is CCC[CH2][Sn]([CH2]CCC)([CH2]CCC)[c]1cnc2c(c1)[C@@]1(Cc3cc(C(=O)O)cnc3C1)C(=O)N2COCC[Si](C)(C)C. The first kappa shape index (κ1) is 33.1. The summed E-state index contributed by atoms with van der Waals surface area (Å²) < 4.78 is 11.6. The minimum absolute atomic E-state index is 0.0153. The van der Waals surface area contributed by atoms with Crippen LogP contribution in [0.5, 0.6) is 0 Å². The Morgan fingerprint density at radius 1 is 1.00 bits per heavy atom. The molecular formula is C33H51N3O4SiSn. The third kappa shape index (κ3) is 6.96. The van der Waals surface area contributed by atoms with Crippen LogP contribution in [0.3, 0.4) is 0 Å². The van der Waals surface area contributed by atoms with Crippen molar-refractivity contribution >= 4 is 47.7 Å². The molecule has 42 heavy (non-hydrogen) atoms. The molecular weight excluding hydrogens is 649 g/mol. The number of carbonyl (C=O) groups is 2. The number of ether oxygens (including phenoxy) is 1. The Morgan fingerprint density at radius 3 is 2.21 bits per heavy atom. The van der Waals surface area contributed by atoms with Gasteiger partial charge in [0.2, 0.25) is 0 Å². The van der Waals surface area contributed by atoms with Crippen molar-refractivity contribution < 1.29 is 19.4 Å². The van der Waals surface area contributed by atoms with Gasteiger partial charge < -0.3 is 0 Å². The second-order valence-electron chi connectivity index (χ2n) is 13.8. The van der Waals surface area contributed by atoms with Crippen molar-refractivity contribution in [3.05, 3.63) is 46.9 Å². The Balaban J connectivity index is 1.78. The van der Waals surface area contributed by atoms with Crippen molar-refractivity contribution in [3.63, 3.8) is 0 Å². The first-order valence-corrected chi connectivity index (χ1v) is 27.3. The Labute approximate surface area is 257 Å². The normalized spacial score (nSPS) is 18.1. The van der Waals surface area contributed by atoms with E-state index in [0.717, 1.165) is 28.7 Å². The van der Waals surface area contributed by atoms with E-state index in [9.17, 15) is 14.7 Å². The number of anilines is 1. The van der Waals surface area contributed by atoms with Crippen molar-refractivity contribution in [2.75, 3.05) is 18.2 Å². The number of carbonyl (C=O) groups excluding carboxylic acids is 1. The second-order valence-corrected chi connectivity index (χ2v) is 32.7. The van der Waals surface area contributed by atoms with E-state index in [1.807, 2.05) is 0 Å². The van der Waals surface area contributed by atoms with Crippen LogP contribution in [0.1, 0.15) is 86.5 Å². The number of hydrogen-bond acceptors (Lipinski definition) is 5. The predicted octanol–water partition coefficient (Wildman–Crippen LogP) is 6.93. The minimum atomic E-state index is -2.83. The average molecular weight is 701 g/mol. The molecule has 2 aromatic rings. The molecule has 0 saturated carbocycles. The van der Waals surface area contributed by atoms with E-state index >= 15 is 0 Å². The maximum absolute atomic E-state index is 14.4. The number of rotatable bonds is 16. The van der Waals surface area contributed by atoms with Crippen LogP contribution >= 0.6 is 0 Å². The predicted molar refractivity (Wildman–Crippen MR) is 176 cm³/mol. The molecule has 1 spiro atoms. The number of carboxylic acid groups (broad SMARTS) is 1. The van der Waals surface area contributed by atoms with E-state index in [4.69, 9.17) is 9.72 Å². The number of hydrogen-bond donors (Lipinski definition) is 1. The Kier molecular flexibility index (Phi) is 11.0. The molecule has 0 fully saturated rings. The van der Waals surface area contributed by atoms with E-state index in [2.05, 4.69) is 57.7 Å². The Bertz CT molecular complexity index is 1260. The number of amides is 1. The van der Waals surface area contributed by atoms with Gasteiger partial charge in [0.1, 0.15) is 0 Å². The van der Waals surface area contributed by atoms with Crippen LogP contribution in [-0.4, -0.2) is 66.7 Å². The van der Waals surface area contributed by atoms with E-state index in [-0.39, 0.29) is 18.2 Å². The van der Waals surface area contributed by atoms with Crippen LogP contribution in [-0.2, 0) is 27.8 Å². The van der Waals surface area contributed by atoms with Crippen LogP contribution in [0.25, 0.3) is 0 Å². The molecule has 2 aromatic heterocycles. The molecule has 9 heteroatoms. The molecule has 1 amide bonds. The van der Waals surface area contributed by atoms with Crippen LogP contribution in [0.4, 0.5) is 5.82 Å². The monoisotopic (exact) mass is 701 g/mol. The number of nitrogens with zero attached hydrogens (tertiary/aromatic N) is 3. The zero-order valence-electron chi connectivity index (χ0n) is 26.7. The molecule has 1 N–H and O–H groups in total. The summed E-state index contributed by atoms with van der Waals surface area (Å²) in [4.78, 5) is 37.6. The molecule has 0 aromatic carbocycles. The fraction of sp³-hybridized carbons (Fsp3) is 0.636. The summed E-state index contributed by atoms with van der Waals surface area (Å²) in [5, 5.41) is 9.61. The fourth-order valence-corrected chi connectivity index (χ4v) is 23.2. The summed E-state index contributed by atoms with van der Waals surface area (Å²) >= 11 is -2.83. The first-order valence-electron chi connectivity index (χ1n) is 16.1. The third-order valence-electron chi connectivity index (χ3n) is 9.42. The first-order chi connectivity index (χ1) is 20.0. The summed E-state index contributed by atoms with van der Waals surface area (Å²) in [5.74, 6) is -0.251. The van der Waals surface area contributed by atoms with E-state index in [0.29, 0.717) is 19.4 Å². The molecule has 2 aliphatic rings. The van der Waals surface area contributed by atoms with Crippen LogP contribution < -0.4 is 8.48 Å². The molecule has 230 valence electrons. The summed E-state index contributed by atoms with van der Waals surface area (Å²) in [6.07, 6.45) is 11.9. The third-order valence-corrected chi connectivity index (χ3v) is 26.6. The van der Waals surface area contributed by atoms with Gasteiger partial charge in [-0.3, -0.25) is 0 Å². The van der Waals surface area contributed by atoms with Crippen molar-refractivity contribution in [1.29, 1.82) is 0 Å². The van der Waals surface area contributed by atoms with Crippen molar-refractivity contribution in [2.24, 2.45) is 0 Å². The summed E-state index contributed by atoms with van der Waals surface area (Å²) in [6.45, 7) is 14.7. The molecule has 3 heterocycles. The van der Waals surface area contributed by atoms with Crippen molar-refractivity contribution in [3.8, 4) is 0 Å². The number of aromatic carboxylic acids is 1. The quantitative estimate of drug-likeness (QED) is 0.151. The molecule has 0 saturated heterocycles. The van der Waals surface area contributed by atoms with Gasteiger partial charge in [0.15, 0.2) is 0 Å².